The van der Waals surface area contributed by atoms with Gasteiger partial charge < -0.3 is 19.9 Å². The summed E-state index contributed by atoms with van der Waals surface area (Å²) in [6.07, 6.45) is 1.02. The molecular formula is C13H20N6O2. The van der Waals surface area contributed by atoms with Gasteiger partial charge >= 0.3 is 0 Å². The molecule has 0 amide bonds. The van der Waals surface area contributed by atoms with E-state index in [2.05, 4.69) is 37.7 Å². The predicted octanol–water partition coefficient (Wildman–Crippen LogP) is 1.75. The van der Waals surface area contributed by atoms with E-state index in [0.717, 1.165) is 18.8 Å². The third-order valence-corrected chi connectivity index (χ3v) is 2.59. The van der Waals surface area contributed by atoms with Gasteiger partial charge in [-0.1, -0.05) is 12.1 Å². The second kappa shape index (κ2) is 7.53. The smallest absolute Gasteiger partial charge is 0.245 e. The van der Waals surface area contributed by atoms with Gasteiger partial charge in [-0.15, -0.1) is 0 Å². The van der Waals surface area contributed by atoms with Crippen molar-refractivity contribution in [3.05, 3.63) is 23.6 Å². The van der Waals surface area contributed by atoms with Crippen LogP contribution in [-0.2, 0) is 17.9 Å². The van der Waals surface area contributed by atoms with Crippen LogP contribution in [0.25, 0.3) is 0 Å². The number of rotatable bonds is 8. The van der Waals surface area contributed by atoms with Gasteiger partial charge in [-0.05, 0) is 13.3 Å². The number of hydrogen-bond acceptors (Lipinski definition) is 8. The van der Waals surface area contributed by atoms with Gasteiger partial charge in [0.2, 0.25) is 5.89 Å². The number of ether oxygens (including phenoxy) is 1. The zero-order chi connectivity index (χ0) is 15.1. The van der Waals surface area contributed by atoms with Crippen molar-refractivity contribution in [2.75, 3.05) is 24.3 Å². The van der Waals surface area contributed by atoms with Crippen molar-refractivity contribution in [2.24, 2.45) is 0 Å². The Morgan fingerprint density at radius 3 is 2.57 bits per heavy atom. The van der Waals surface area contributed by atoms with E-state index in [1.807, 2.05) is 6.07 Å². The van der Waals surface area contributed by atoms with E-state index in [4.69, 9.17) is 9.26 Å². The molecule has 0 fully saturated rings. The van der Waals surface area contributed by atoms with Crippen LogP contribution in [0.4, 0.5) is 11.6 Å². The summed E-state index contributed by atoms with van der Waals surface area (Å²) in [6, 6.07) is 1.85. The SMILES string of the molecule is CCCNc1cc(NCc2nc(C)no2)nc(COC)n1. The summed E-state index contributed by atoms with van der Waals surface area (Å²) in [5.74, 6) is 3.19. The molecule has 2 aromatic heterocycles. The molecule has 0 saturated carbocycles. The van der Waals surface area contributed by atoms with Crippen LogP contribution in [0.5, 0.6) is 0 Å². The molecule has 0 radical (unpaired) electrons. The van der Waals surface area contributed by atoms with Crippen molar-refractivity contribution in [3.63, 3.8) is 0 Å². The Labute approximate surface area is 123 Å². The van der Waals surface area contributed by atoms with Crippen LogP contribution in [0.3, 0.4) is 0 Å². The summed E-state index contributed by atoms with van der Waals surface area (Å²) in [5.41, 5.74) is 0. The first kappa shape index (κ1) is 15.2. The highest BCUT2D eigenvalue weighted by Gasteiger charge is 2.07. The van der Waals surface area contributed by atoms with Crippen LogP contribution in [0.1, 0.15) is 30.9 Å². The number of methoxy groups -OCH3 is 1. The lowest BCUT2D eigenvalue weighted by Crippen LogP contribution is -2.09. The van der Waals surface area contributed by atoms with Gasteiger partial charge in [0.15, 0.2) is 11.6 Å². The zero-order valence-corrected chi connectivity index (χ0v) is 12.5. The maximum atomic E-state index is 5.09. The van der Waals surface area contributed by atoms with Gasteiger partial charge in [-0.3, -0.25) is 0 Å². The molecule has 0 saturated heterocycles. The van der Waals surface area contributed by atoms with E-state index in [9.17, 15) is 0 Å². The summed E-state index contributed by atoms with van der Waals surface area (Å²) in [6.45, 7) is 5.50. The second-order valence-corrected chi connectivity index (χ2v) is 4.50. The quantitative estimate of drug-likeness (QED) is 0.759. The number of aryl methyl sites for hydroxylation is 1. The van der Waals surface area contributed by atoms with Crippen LogP contribution in [0.15, 0.2) is 10.6 Å². The molecule has 2 heterocycles. The van der Waals surface area contributed by atoms with E-state index >= 15 is 0 Å². The molecule has 0 aliphatic heterocycles. The minimum absolute atomic E-state index is 0.357. The molecule has 2 aromatic rings. The maximum Gasteiger partial charge on any atom is 0.245 e. The molecule has 0 bridgehead atoms. The Kier molecular flexibility index (Phi) is 5.44. The van der Waals surface area contributed by atoms with E-state index in [-0.39, 0.29) is 0 Å². The van der Waals surface area contributed by atoms with Crippen LogP contribution < -0.4 is 10.6 Å². The number of hydrogen-bond donors (Lipinski definition) is 2. The lowest BCUT2D eigenvalue weighted by atomic mass is 10.4. The molecule has 0 spiro atoms. The number of anilines is 2. The largest absolute Gasteiger partial charge is 0.377 e. The van der Waals surface area contributed by atoms with Gasteiger partial charge in [0.25, 0.3) is 0 Å². The molecule has 21 heavy (non-hydrogen) atoms. The van der Waals surface area contributed by atoms with Crippen molar-refractivity contribution in [1.82, 2.24) is 20.1 Å². The van der Waals surface area contributed by atoms with Crippen LogP contribution in [0, 0.1) is 6.92 Å². The fraction of sp³-hybridized carbons (Fsp3) is 0.538. The highest BCUT2D eigenvalue weighted by Crippen LogP contribution is 2.13. The first-order valence-corrected chi connectivity index (χ1v) is 6.85. The molecule has 0 unspecified atom stereocenters. The summed E-state index contributed by atoms with van der Waals surface area (Å²) in [4.78, 5) is 12.9. The van der Waals surface area contributed by atoms with Crippen molar-refractivity contribution in [2.45, 2.75) is 33.4 Å². The zero-order valence-electron chi connectivity index (χ0n) is 12.5. The lowest BCUT2D eigenvalue weighted by Gasteiger charge is -2.09. The molecule has 8 nitrogen and oxygen atoms in total. The topological polar surface area (TPSA) is 98.0 Å². The Hall–Kier alpha value is -2.22. The van der Waals surface area contributed by atoms with Gasteiger partial charge in [-0.2, -0.15) is 4.98 Å². The average Bonchev–Trinajstić information content (AvgIpc) is 2.89. The van der Waals surface area contributed by atoms with Crippen molar-refractivity contribution in [3.8, 4) is 0 Å². The van der Waals surface area contributed by atoms with Crippen molar-refractivity contribution < 1.29 is 9.26 Å². The van der Waals surface area contributed by atoms with Crippen LogP contribution in [-0.4, -0.2) is 33.8 Å². The molecule has 0 aliphatic rings. The molecule has 0 aromatic carbocycles. The third kappa shape index (κ3) is 4.67. The average molecular weight is 292 g/mol. The number of aromatic nitrogens is 4. The fourth-order valence-electron chi connectivity index (χ4n) is 1.70. The monoisotopic (exact) mass is 292 g/mol. The summed E-state index contributed by atoms with van der Waals surface area (Å²) >= 11 is 0. The summed E-state index contributed by atoms with van der Waals surface area (Å²) < 4.78 is 10.1. The first-order valence-electron chi connectivity index (χ1n) is 6.85. The molecule has 2 rings (SSSR count). The standard InChI is InChI=1S/C13H20N6O2/c1-4-5-14-10-6-11(18-12(17-10)8-20-3)15-7-13-16-9(2)19-21-13/h6H,4-5,7-8H2,1-3H3,(H2,14,15,17,18). The van der Waals surface area contributed by atoms with Crippen molar-refractivity contribution >= 4 is 11.6 Å². The molecule has 2 N–H and O–H groups in total. The highest BCUT2D eigenvalue weighted by molar-refractivity contribution is 5.47. The van der Waals surface area contributed by atoms with Gasteiger partial charge in [0.05, 0.1) is 6.54 Å². The lowest BCUT2D eigenvalue weighted by molar-refractivity contribution is 0.178. The fourth-order valence-corrected chi connectivity index (χ4v) is 1.70. The summed E-state index contributed by atoms with van der Waals surface area (Å²) in [5, 5.41) is 10.1. The van der Waals surface area contributed by atoms with E-state index in [1.54, 1.807) is 14.0 Å². The minimum atomic E-state index is 0.357. The Balaban J connectivity index is 2.07. The Morgan fingerprint density at radius 2 is 1.95 bits per heavy atom. The normalized spacial score (nSPS) is 10.6. The van der Waals surface area contributed by atoms with Crippen LogP contribution >= 0.6 is 0 Å². The molecule has 8 heteroatoms. The molecule has 0 aliphatic carbocycles. The Morgan fingerprint density at radius 1 is 1.19 bits per heavy atom. The second-order valence-electron chi connectivity index (χ2n) is 4.50. The molecule has 114 valence electrons. The highest BCUT2D eigenvalue weighted by atomic mass is 16.5. The Bertz CT molecular complexity index is 572. The minimum Gasteiger partial charge on any atom is -0.377 e. The van der Waals surface area contributed by atoms with Crippen molar-refractivity contribution in [1.29, 1.82) is 0 Å². The first-order chi connectivity index (χ1) is 10.2. The van der Waals surface area contributed by atoms with Crippen LogP contribution in [0.2, 0.25) is 0 Å². The molecule has 0 atom stereocenters. The predicted molar refractivity (Wildman–Crippen MR) is 77.9 cm³/mol. The van der Waals surface area contributed by atoms with Gasteiger partial charge in [-0.25, -0.2) is 9.97 Å². The van der Waals surface area contributed by atoms with Gasteiger partial charge in [0, 0.05) is 19.7 Å². The van der Waals surface area contributed by atoms with Gasteiger partial charge in [0.1, 0.15) is 18.2 Å². The maximum absolute atomic E-state index is 5.09. The third-order valence-electron chi connectivity index (χ3n) is 2.59. The van der Waals surface area contributed by atoms with E-state index < -0.39 is 0 Å². The number of nitrogens with zero attached hydrogens (tertiary/aromatic N) is 4. The number of nitrogens with one attached hydrogen (secondary N) is 2. The van der Waals surface area contributed by atoms with E-state index in [1.165, 1.54) is 0 Å². The summed E-state index contributed by atoms with van der Waals surface area (Å²) in [7, 11) is 1.61. The molecular weight excluding hydrogens is 272 g/mol. The van der Waals surface area contributed by atoms with E-state index in [0.29, 0.717) is 36.5 Å².